The Morgan fingerprint density at radius 1 is 0.939 bits per heavy atom. The molecule has 3 aliphatic rings. The van der Waals surface area contributed by atoms with Crippen molar-refractivity contribution in [3.05, 3.63) is 59.7 Å². The van der Waals surface area contributed by atoms with Gasteiger partial charge in [-0.3, -0.25) is 9.59 Å². The van der Waals surface area contributed by atoms with E-state index in [9.17, 15) is 19.5 Å². The second-order valence-electron chi connectivity index (χ2n) is 9.30. The van der Waals surface area contributed by atoms with Crippen LogP contribution in [0, 0.1) is 17.8 Å². The standard InChI is InChI=1S/C26H28N2O5/c29-24(28-23-11-5-10-20(23)25(30)31)21-12-15(21)13-27-26(32)33-14-22-18-8-3-1-6-16(18)17-7-2-4-9-19(17)22/h1-4,6-9,15,20-23H,5,10-14H2,(H,27,32)(H,28,29)(H,30,31)/t15-,20-,21-,23+/m1/s1. The molecule has 0 radical (unpaired) electrons. The van der Waals surface area contributed by atoms with Gasteiger partial charge in [-0.15, -0.1) is 0 Å². The molecular formula is C26H28N2O5. The molecule has 2 aromatic rings. The van der Waals surface area contributed by atoms with Crippen LogP contribution in [0.3, 0.4) is 0 Å². The maximum atomic E-state index is 12.5. The summed E-state index contributed by atoms with van der Waals surface area (Å²) >= 11 is 0. The summed E-state index contributed by atoms with van der Waals surface area (Å²) in [7, 11) is 0. The van der Waals surface area contributed by atoms with Crippen molar-refractivity contribution in [2.45, 2.75) is 37.6 Å². The van der Waals surface area contributed by atoms with E-state index in [-0.39, 0.29) is 36.3 Å². The van der Waals surface area contributed by atoms with Gasteiger partial charge in [0.2, 0.25) is 5.91 Å². The average molecular weight is 449 g/mol. The van der Waals surface area contributed by atoms with Crippen molar-refractivity contribution < 1.29 is 24.2 Å². The van der Waals surface area contributed by atoms with Gasteiger partial charge >= 0.3 is 12.1 Å². The largest absolute Gasteiger partial charge is 0.481 e. The molecule has 2 saturated carbocycles. The summed E-state index contributed by atoms with van der Waals surface area (Å²) < 4.78 is 5.55. The van der Waals surface area contributed by atoms with Gasteiger partial charge in [0.25, 0.3) is 0 Å². The first-order valence-electron chi connectivity index (χ1n) is 11.6. The predicted molar refractivity (Wildman–Crippen MR) is 122 cm³/mol. The minimum atomic E-state index is -0.845. The van der Waals surface area contributed by atoms with E-state index in [0.29, 0.717) is 25.8 Å². The molecule has 5 rings (SSSR count). The number of ether oxygens (including phenoxy) is 1. The van der Waals surface area contributed by atoms with Gasteiger partial charge in [0.1, 0.15) is 6.61 Å². The first-order valence-corrected chi connectivity index (χ1v) is 11.6. The molecule has 0 spiro atoms. The average Bonchev–Trinajstić information content (AvgIpc) is 3.33. The Balaban J connectivity index is 1.09. The number of hydrogen-bond acceptors (Lipinski definition) is 4. The van der Waals surface area contributed by atoms with Crippen molar-refractivity contribution in [2.24, 2.45) is 17.8 Å². The number of hydrogen-bond donors (Lipinski definition) is 3. The molecule has 0 bridgehead atoms. The molecule has 3 aliphatic carbocycles. The second kappa shape index (κ2) is 8.89. The summed E-state index contributed by atoms with van der Waals surface area (Å²) in [6, 6.07) is 16.1. The number of carboxylic acid groups (broad SMARTS) is 1. The first kappa shape index (κ1) is 21.5. The number of carbonyl (C=O) groups is 3. The van der Waals surface area contributed by atoms with Crippen LogP contribution in [0.25, 0.3) is 11.1 Å². The van der Waals surface area contributed by atoms with Crippen molar-refractivity contribution in [3.8, 4) is 11.1 Å². The second-order valence-corrected chi connectivity index (χ2v) is 9.30. The number of carboxylic acids is 1. The van der Waals surface area contributed by atoms with Crippen LogP contribution in [0.2, 0.25) is 0 Å². The van der Waals surface area contributed by atoms with Crippen LogP contribution in [0.15, 0.2) is 48.5 Å². The predicted octanol–water partition coefficient (Wildman–Crippen LogP) is 3.53. The number of aliphatic carboxylic acids is 1. The fourth-order valence-electron chi connectivity index (χ4n) is 5.38. The van der Waals surface area contributed by atoms with E-state index in [0.717, 1.165) is 17.5 Å². The minimum Gasteiger partial charge on any atom is -0.481 e. The number of benzene rings is 2. The Labute approximate surface area is 192 Å². The van der Waals surface area contributed by atoms with Crippen molar-refractivity contribution in [2.75, 3.05) is 13.2 Å². The zero-order valence-electron chi connectivity index (χ0n) is 18.3. The van der Waals surface area contributed by atoms with Crippen LogP contribution >= 0.6 is 0 Å². The molecule has 3 N–H and O–H groups in total. The fourth-order valence-corrected chi connectivity index (χ4v) is 5.38. The highest BCUT2D eigenvalue weighted by Crippen LogP contribution is 2.44. The normalized spacial score (nSPS) is 25.1. The lowest BCUT2D eigenvalue weighted by Gasteiger charge is -2.17. The molecule has 4 atom stereocenters. The topological polar surface area (TPSA) is 105 Å². The smallest absolute Gasteiger partial charge is 0.407 e. The molecule has 0 unspecified atom stereocenters. The molecule has 2 aromatic carbocycles. The van der Waals surface area contributed by atoms with Gasteiger partial charge in [-0.2, -0.15) is 0 Å². The Kier molecular flexibility index (Phi) is 5.79. The van der Waals surface area contributed by atoms with Gasteiger partial charge in [-0.1, -0.05) is 55.0 Å². The zero-order chi connectivity index (χ0) is 22.9. The van der Waals surface area contributed by atoms with Gasteiger partial charge in [0.05, 0.1) is 5.92 Å². The maximum Gasteiger partial charge on any atom is 0.407 e. The number of rotatable bonds is 7. The molecule has 7 heteroatoms. The number of alkyl carbamates (subject to hydrolysis) is 1. The van der Waals surface area contributed by atoms with Crippen molar-refractivity contribution in [1.82, 2.24) is 10.6 Å². The zero-order valence-corrected chi connectivity index (χ0v) is 18.3. The Bertz CT molecular complexity index is 1040. The molecule has 33 heavy (non-hydrogen) atoms. The third-order valence-corrected chi connectivity index (χ3v) is 7.27. The fraction of sp³-hybridized carbons (Fsp3) is 0.423. The molecule has 0 aromatic heterocycles. The summed E-state index contributed by atoms with van der Waals surface area (Å²) in [6.07, 6.45) is 2.35. The molecular weight excluding hydrogens is 420 g/mol. The van der Waals surface area contributed by atoms with Crippen molar-refractivity contribution in [1.29, 1.82) is 0 Å². The molecule has 0 saturated heterocycles. The highest BCUT2D eigenvalue weighted by Gasteiger charge is 2.45. The molecule has 7 nitrogen and oxygen atoms in total. The molecule has 0 heterocycles. The van der Waals surface area contributed by atoms with Crippen LogP contribution in [0.4, 0.5) is 4.79 Å². The highest BCUT2D eigenvalue weighted by atomic mass is 16.5. The van der Waals surface area contributed by atoms with Crippen LogP contribution < -0.4 is 10.6 Å². The lowest BCUT2D eigenvalue weighted by Crippen LogP contribution is -2.41. The summed E-state index contributed by atoms with van der Waals surface area (Å²) in [5, 5.41) is 15.0. The minimum absolute atomic E-state index is 0.0104. The first-order chi connectivity index (χ1) is 16.0. The third kappa shape index (κ3) is 4.32. The van der Waals surface area contributed by atoms with E-state index in [2.05, 4.69) is 34.9 Å². The maximum absolute atomic E-state index is 12.5. The molecule has 2 fully saturated rings. The van der Waals surface area contributed by atoms with Gasteiger partial charge in [-0.05, 0) is 47.4 Å². The van der Waals surface area contributed by atoms with Crippen LogP contribution in [-0.2, 0) is 14.3 Å². The van der Waals surface area contributed by atoms with E-state index in [1.807, 2.05) is 24.3 Å². The lowest BCUT2D eigenvalue weighted by molar-refractivity contribution is -0.142. The molecule has 0 aliphatic heterocycles. The molecule has 172 valence electrons. The summed E-state index contributed by atoms with van der Waals surface area (Å²) in [4.78, 5) is 36.1. The van der Waals surface area contributed by atoms with Gasteiger partial charge in [-0.25, -0.2) is 4.79 Å². The van der Waals surface area contributed by atoms with E-state index in [4.69, 9.17) is 4.74 Å². The summed E-state index contributed by atoms with van der Waals surface area (Å²) in [5.41, 5.74) is 4.69. The van der Waals surface area contributed by atoms with Crippen LogP contribution in [0.5, 0.6) is 0 Å². The number of amides is 2. The number of nitrogens with one attached hydrogen (secondary N) is 2. The summed E-state index contributed by atoms with van der Waals surface area (Å²) in [6.45, 7) is 0.633. The SMILES string of the molecule is O=C(NC[C@H]1C[C@H]1C(=O)N[C@H]1CCC[C@H]1C(=O)O)OCC1c2ccccc2-c2ccccc21. The highest BCUT2D eigenvalue weighted by molar-refractivity contribution is 5.83. The Morgan fingerprint density at radius 2 is 1.61 bits per heavy atom. The van der Waals surface area contributed by atoms with E-state index >= 15 is 0 Å². The number of carbonyl (C=O) groups excluding carboxylic acids is 2. The molecule has 2 amide bonds. The van der Waals surface area contributed by atoms with Crippen LogP contribution in [-0.4, -0.2) is 42.3 Å². The monoisotopic (exact) mass is 448 g/mol. The van der Waals surface area contributed by atoms with Crippen molar-refractivity contribution in [3.63, 3.8) is 0 Å². The Morgan fingerprint density at radius 3 is 2.27 bits per heavy atom. The summed E-state index contributed by atoms with van der Waals surface area (Å²) in [5.74, 6) is -1.54. The Hall–Kier alpha value is -3.35. The van der Waals surface area contributed by atoms with Crippen LogP contribution in [0.1, 0.15) is 42.7 Å². The van der Waals surface area contributed by atoms with Gasteiger partial charge < -0.3 is 20.5 Å². The van der Waals surface area contributed by atoms with Crippen molar-refractivity contribution >= 4 is 18.0 Å². The van der Waals surface area contributed by atoms with Gasteiger partial charge in [0.15, 0.2) is 0 Å². The van der Waals surface area contributed by atoms with E-state index in [1.165, 1.54) is 11.1 Å². The lowest BCUT2D eigenvalue weighted by atomic mass is 9.98. The van der Waals surface area contributed by atoms with Gasteiger partial charge in [0, 0.05) is 24.4 Å². The number of fused-ring (bicyclic) bond motifs is 3. The quantitative estimate of drug-likeness (QED) is 0.601. The van der Waals surface area contributed by atoms with E-state index in [1.54, 1.807) is 0 Å². The third-order valence-electron chi connectivity index (χ3n) is 7.27. The van der Waals surface area contributed by atoms with E-state index < -0.39 is 18.0 Å².